The molecule has 0 aromatic carbocycles. The summed E-state index contributed by atoms with van der Waals surface area (Å²) in [5.41, 5.74) is 6.14. The van der Waals surface area contributed by atoms with Crippen molar-refractivity contribution in [1.82, 2.24) is 9.97 Å². The van der Waals surface area contributed by atoms with Crippen LogP contribution in [0.5, 0.6) is 0 Å². The van der Waals surface area contributed by atoms with Gasteiger partial charge in [-0.2, -0.15) is 0 Å². The average Bonchev–Trinajstić information content (AvgIpc) is 2.16. The van der Waals surface area contributed by atoms with Gasteiger partial charge in [-0.3, -0.25) is 0 Å². The molecule has 1 heterocycles. The molecular formula is C12H18BrN3. The molecule has 2 atom stereocenters. The summed E-state index contributed by atoms with van der Waals surface area (Å²) in [6.45, 7) is 4.52. The molecule has 1 aromatic rings. The van der Waals surface area contributed by atoms with Gasteiger partial charge in [0.25, 0.3) is 0 Å². The molecule has 0 radical (unpaired) electrons. The number of aromatic nitrogens is 2. The molecule has 16 heavy (non-hydrogen) atoms. The zero-order valence-electron chi connectivity index (χ0n) is 9.78. The zero-order chi connectivity index (χ0) is 11.8. The lowest BCUT2D eigenvalue weighted by molar-refractivity contribution is 0.175. The van der Waals surface area contributed by atoms with E-state index in [0.29, 0.717) is 11.8 Å². The van der Waals surface area contributed by atoms with Crippen molar-refractivity contribution in [2.24, 2.45) is 17.6 Å². The summed E-state index contributed by atoms with van der Waals surface area (Å²) in [5.74, 6) is 2.09. The van der Waals surface area contributed by atoms with E-state index in [4.69, 9.17) is 5.73 Å². The Bertz CT molecular complexity index is 353. The monoisotopic (exact) mass is 283 g/mol. The van der Waals surface area contributed by atoms with E-state index >= 15 is 0 Å². The van der Waals surface area contributed by atoms with Crippen LogP contribution in [0.3, 0.4) is 0 Å². The second-order valence-corrected chi connectivity index (χ2v) is 6.15. The molecule has 4 heteroatoms. The van der Waals surface area contributed by atoms with Crippen LogP contribution in [0.15, 0.2) is 16.9 Å². The van der Waals surface area contributed by atoms with E-state index in [9.17, 15) is 0 Å². The van der Waals surface area contributed by atoms with Gasteiger partial charge in [0.15, 0.2) is 0 Å². The van der Waals surface area contributed by atoms with Gasteiger partial charge in [-0.1, -0.05) is 13.8 Å². The fourth-order valence-electron chi connectivity index (χ4n) is 2.93. The predicted octanol–water partition coefficient (Wildman–Crippen LogP) is 2.85. The van der Waals surface area contributed by atoms with E-state index in [1.54, 1.807) is 12.4 Å². The van der Waals surface area contributed by atoms with Crippen LogP contribution in [0, 0.1) is 11.8 Å². The average molecular weight is 284 g/mol. The highest BCUT2D eigenvalue weighted by Gasteiger charge is 2.38. The van der Waals surface area contributed by atoms with Gasteiger partial charge in [0.1, 0.15) is 5.82 Å². The van der Waals surface area contributed by atoms with Gasteiger partial charge < -0.3 is 5.73 Å². The molecule has 0 bridgehead atoms. The molecule has 1 fully saturated rings. The van der Waals surface area contributed by atoms with Gasteiger partial charge in [-0.05, 0) is 47.0 Å². The first-order chi connectivity index (χ1) is 7.49. The van der Waals surface area contributed by atoms with Gasteiger partial charge in [-0.15, -0.1) is 0 Å². The minimum Gasteiger partial charge on any atom is -0.319 e. The second kappa shape index (κ2) is 4.41. The third-order valence-corrected chi connectivity index (χ3v) is 3.71. The van der Waals surface area contributed by atoms with Crippen LogP contribution in [-0.2, 0) is 5.54 Å². The van der Waals surface area contributed by atoms with Crippen LogP contribution < -0.4 is 5.73 Å². The van der Waals surface area contributed by atoms with Crippen LogP contribution in [0.1, 0.15) is 38.9 Å². The minimum atomic E-state index is -0.336. The van der Waals surface area contributed by atoms with Gasteiger partial charge in [-0.25, -0.2) is 9.97 Å². The molecule has 1 aliphatic rings. The normalized spacial score (nSPS) is 35.0. The highest BCUT2D eigenvalue weighted by molar-refractivity contribution is 9.10. The van der Waals surface area contributed by atoms with Crippen LogP contribution in [-0.4, -0.2) is 9.97 Å². The summed E-state index contributed by atoms with van der Waals surface area (Å²) < 4.78 is 0.900. The largest absolute Gasteiger partial charge is 0.319 e. The minimum absolute atomic E-state index is 0.336. The van der Waals surface area contributed by atoms with Gasteiger partial charge in [0, 0.05) is 12.4 Å². The molecule has 1 aliphatic carbocycles. The Labute approximate surface area is 105 Å². The molecule has 0 amide bonds. The molecule has 0 saturated heterocycles. The fourth-order valence-corrected chi connectivity index (χ4v) is 3.14. The number of nitrogens with zero attached hydrogens (tertiary/aromatic N) is 2. The number of rotatable bonds is 1. The topological polar surface area (TPSA) is 51.8 Å². The Morgan fingerprint density at radius 3 is 2.25 bits per heavy atom. The summed E-state index contributed by atoms with van der Waals surface area (Å²) in [5, 5.41) is 0. The zero-order valence-corrected chi connectivity index (χ0v) is 11.4. The highest BCUT2D eigenvalue weighted by Crippen LogP contribution is 2.39. The predicted molar refractivity (Wildman–Crippen MR) is 67.8 cm³/mol. The van der Waals surface area contributed by atoms with E-state index in [1.165, 1.54) is 6.42 Å². The van der Waals surface area contributed by atoms with E-state index in [2.05, 4.69) is 39.7 Å². The van der Waals surface area contributed by atoms with Crippen LogP contribution >= 0.6 is 15.9 Å². The summed E-state index contributed by atoms with van der Waals surface area (Å²) in [6.07, 6.45) is 6.79. The van der Waals surface area contributed by atoms with Crippen LogP contribution in [0.2, 0.25) is 0 Å². The van der Waals surface area contributed by atoms with Crippen molar-refractivity contribution in [1.29, 1.82) is 0 Å². The summed E-state index contributed by atoms with van der Waals surface area (Å²) in [7, 11) is 0. The Morgan fingerprint density at radius 2 is 1.75 bits per heavy atom. The summed E-state index contributed by atoms with van der Waals surface area (Å²) >= 11 is 3.34. The third kappa shape index (κ3) is 2.43. The highest BCUT2D eigenvalue weighted by atomic mass is 79.9. The molecule has 2 rings (SSSR count). The second-order valence-electron chi connectivity index (χ2n) is 5.24. The van der Waals surface area contributed by atoms with Crippen molar-refractivity contribution in [3.63, 3.8) is 0 Å². The first kappa shape index (κ1) is 12.0. The number of nitrogens with two attached hydrogens (primary N) is 1. The number of halogens is 1. The fraction of sp³-hybridized carbons (Fsp3) is 0.667. The quantitative estimate of drug-likeness (QED) is 0.862. The van der Waals surface area contributed by atoms with Crippen molar-refractivity contribution in [2.75, 3.05) is 0 Å². The van der Waals surface area contributed by atoms with Crippen molar-refractivity contribution in [3.05, 3.63) is 22.7 Å². The molecule has 3 nitrogen and oxygen atoms in total. The maximum absolute atomic E-state index is 6.47. The van der Waals surface area contributed by atoms with E-state index in [0.717, 1.165) is 23.1 Å². The molecule has 2 N–H and O–H groups in total. The molecule has 88 valence electrons. The molecule has 0 aliphatic heterocycles. The first-order valence-electron chi connectivity index (χ1n) is 5.76. The number of hydrogen-bond donors (Lipinski definition) is 1. The summed E-state index contributed by atoms with van der Waals surface area (Å²) in [4.78, 5) is 8.72. The van der Waals surface area contributed by atoms with E-state index in [1.807, 2.05) is 0 Å². The van der Waals surface area contributed by atoms with Crippen molar-refractivity contribution < 1.29 is 0 Å². The third-order valence-electron chi connectivity index (χ3n) is 3.30. The number of hydrogen-bond acceptors (Lipinski definition) is 3. The Kier molecular flexibility index (Phi) is 3.31. The lowest BCUT2D eigenvalue weighted by Gasteiger charge is -2.38. The van der Waals surface area contributed by atoms with Gasteiger partial charge in [0.2, 0.25) is 0 Å². The molecular weight excluding hydrogens is 266 g/mol. The van der Waals surface area contributed by atoms with Crippen molar-refractivity contribution >= 4 is 15.9 Å². The standard InChI is InChI=1S/C12H18BrN3/c1-8-3-9(2)5-12(14,4-8)11-15-6-10(13)7-16-11/h6-9H,3-5,14H2,1-2H3. The maximum Gasteiger partial charge on any atom is 0.148 e. The SMILES string of the molecule is CC1CC(C)CC(N)(c2ncc(Br)cn2)C1. The molecule has 1 saturated carbocycles. The Hall–Kier alpha value is -0.480. The van der Waals surface area contributed by atoms with Crippen molar-refractivity contribution in [2.45, 2.75) is 38.6 Å². The van der Waals surface area contributed by atoms with Crippen molar-refractivity contribution in [3.8, 4) is 0 Å². The first-order valence-corrected chi connectivity index (χ1v) is 6.56. The lowest BCUT2D eigenvalue weighted by atomic mass is 9.72. The molecule has 1 aromatic heterocycles. The smallest absolute Gasteiger partial charge is 0.148 e. The maximum atomic E-state index is 6.47. The van der Waals surface area contributed by atoms with Crippen LogP contribution in [0.25, 0.3) is 0 Å². The Balaban J connectivity index is 2.26. The summed E-state index contributed by atoms with van der Waals surface area (Å²) in [6, 6.07) is 0. The van der Waals surface area contributed by atoms with Gasteiger partial charge in [0.05, 0.1) is 10.0 Å². The Morgan fingerprint density at radius 1 is 1.25 bits per heavy atom. The van der Waals surface area contributed by atoms with Crippen LogP contribution in [0.4, 0.5) is 0 Å². The van der Waals surface area contributed by atoms with E-state index in [-0.39, 0.29) is 5.54 Å². The molecule has 0 spiro atoms. The van der Waals surface area contributed by atoms with Gasteiger partial charge >= 0.3 is 0 Å². The molecule has 2 unspecified atom stereocenters. The van der Waals surface area contributed by atoms with E-state index < -0.39 is 0 Å². The lowest BCUT2D eigenvalue weighted by Crippen LogP contribution is -2.44.